The summed E-state index contributed by atoms with van der Waals surface area (Å²) in [5.41, 5.74) is 2.72. The molecular formula is C5H7IN2OS. The van der Waals surface area contributed by atoms with Gasteiger partial charge in [-0.05, 0) is 22.6 Å². The molecule has 1 rings (SSSR count). The molecule has 5 heteroatoms. The predicted molar refractivity (Wildman–Crippen MR) is 48.7 cm³/mol. The van der Waals surface area contributed by atoms with Crippen molar-refractivity contribution in [3.05, 3.63) is 14.1 Å². The lowest BCUT2D eigenvalue weighted by Crippen LogP contribution is -2.10. The third-order valence-electron chi connectivity index (χ3n) is 0.893. The zero-order valence-electron chi connectivity index (χ0n) is 5.43. The molecule has 0 aliphatic carbocycles. The summed E-state index contributed by atoms with van der Waals surface area (Å²) in [7, 11) is 1.60. The van der Waals surface area contributed by atoms with Gasteiger partial charge in [-0.3, -0.25) is 0 Å². The molecular weight excluding hydrogens is 263 g/mol. The SMILES string of the molecule is CONCc1ncc(I)s1. The van der Waals surface area contributed by atoms with E-state index in [2.05, 4.69) is 37.9 Å². The monoisotopic (exact) mass is 270 g/mol. The van der Waals surface area contributed by atoms with Crippen LogP contribution in [0.1, 0.15) is 5.01 Å². The number of hydroxylamine groups is 1. The standard InChI is InChI=1S/C5H7IN2OS/c1-9-8-3-5-7-2-4(6)10-5/h2,8H,3H2,1H3. The molecule has 1 aromatic heterocycles. The van der Waals surface area contributed by atoms with Crippen LogP contribution in [0.15, 0.2) is 6.20 Å². The van der Waals surface area contributed by atoms with Gasteiger partial charge in [0.1, 0.15) is 5.01 Å². The molecule has 0 saturated heterocycles. The minimum atomic E-state index is 0.685. The van der Waals surface area contributed by atoms with E-state index in [0.717, 1.165) is 5.01 Å². The third kappa shape index (κ3) is 2.49. The lowest BCUT2D eigenvalue weighted by molar-refractivity contribution is 0.0866. The molecule has 0 fully saturated rings. The van der Waals surface area contributed by atoms with Crippen LogP contribution >= 0.6 is 33.9 Å². The van der Waals surface area contributed by atoms with Crippen LogP contribution in [0.4, 0.5) is 0 Å². The molecule has 56 valence electrons. The maximum absolute atomic E-state index is 4.67. The number of nitrogens with zero attached hydrogens (tertiary/aromatic N) is 1. The number of aromatic nitrogens is 1. The Labute approximate surface area is 76.9 Å². The van der Waals surface area contributed by atoms with Gasteiger partial charge in [-0.15, -0.1) is 11.3 Å². The maximum atomic E-state index is 4.67. The van der Waals surface area contributed by atoms with E-state index in [1.54, 1.807) is 18.4 Å². The zero-order chi connectivity index (χ0) is 7.40. The highest BCUT2D eigenvalue weighted by molar-refractivity contribution is 14.1. The molecule has 0 bridgehead atoms. The van der Waals surface area contributed by atoms with Gasteiger partial charge in [0.25, 0.3) is 0 Å². The number of hydrogen-bond acceptors (Lipinski definition) is 4. The van der Waals surface area contributed by atoms with Crippen LogP contribution in [0.3, 0.4) is 0 Å². The molecule has 0 saturated carbocycles. The van der Waals surface area contributed by atoms with Crippen molar-refractivity contribution >= 4 is 33.9 Å². The van der Waals surface area contributed by atoms with Gasteiger partial charge in [-0.2, -0.15) is 5.48 Å². The summed E-state index contributed by atoms with van der Waals surface area (Å²) < 4.78 is 1.20. The minimum absolute atomic E-state index is 0.685. The van der Waals surface area contributed by atoms with Crippen LogP contribution in [0.5, 0.6) is 0 Å². The number of thiazole rings is 1. The van der Waals surface area contributed by atoms with Crippen LogP contribution in [-0.4, -0.2) is 12.1 Å². The van der Waals surface area contributed by atoms with E-state index in [9.17, 15) is 0 Å². The van der Waals surface area contributed by atoms with Gasteiger partial charge in [0, 0.05) is 0 Å². The molecule has 0 radical (unpaired) electrons. The molecule has 0 atom stereocenters. The third-order valence-corrected chi connectivity index (χ3v) is 2.62. The summed E-state index contributed by atoms with van der Waals surface area (Å²) in [6.07, 6.45) is 1.85. The number of rotatable bonds is 3. The summed E-state index contributed by atoms with van der Waals surface area (Å²) in [5.74, 6) is 0. The van der Waals surface area contributed by atoms with Crippen LogP contribution in [0.25, 0.3) is 0 Å². The van der Waals surface area contributed by atoms with Crippen molar-refractivity contribution in [2.45, 2.75) is 6.54 Å². The summed E-state index contributed by atoms with van der Waals surface area (Å²) in [5, 5.41) is 1.05. The van der Waals surface area contributed by atoms with Gasteiger partial charge in [0.2, 0.25) is 0 Å². The Kier molecular flexibility index (Phi) is 3.53. The van der Waals surface area contributed by atoms with Gasteiger partial charge in [-0.25, -0.2) is 4.98 Å². The lowest BCUT2D eigenvalue weighted by atomic mass is 10.7. The van der Waals surface area contributed by atoms with E-state index in [-0.39, 0.29) is 0 Å². The van der Waals surface area contributed by atoms with Gasteiger partial charge in [0.15, 0.2) is 0 Å². The average molecular weight is 270 g/mol. The van der Waals surface area contributed by atoms with E-state index < -0.39 is 0 Å². The fraction of sp³-hybridized carbons (Fsp3) is 0.400. The Bertz CT molecular complexity index is 203. The van der Waals surface area contributed by atoms with Crippen molar-refractivity contribution in [1.29, 1.82) is 0 Å². The molecule has 0 aliphatic rings. The topological polar surface area (TPSA) is 34.1 Å². The maximum Gasteiger partial charge on any atom is 0.110 e. The van der Waals surface area contributed by atoms with E-state index in [4.69, 9.17) is 0 Å². The van der Waals surface area contributed by atoms with Crippen LogP contribution < -0.4 is 5.48 Å². The Morgan fingerprint density at radius 3 is 3.20 bits per heavy atom. The summed E-state index contributed by atoms with van der Waals surface area (Å²) in [4.78, 5) is 8.79. The summed E-state index contributed by atoms with van der Waals surface area (Å²) in [6.45, 7) is 0.685. The molecule has 0 aliphatic heterocycles. The molecule has 0 unspecified atom stereocenters. The van der Waals surface area contributed by atoms with Crippen molar-refractivity contribution in [2.75, 3.05) is 7.11 Å². The molecule has 10 heavy (non-hydrogen) atoms. The summed E-state index contributed by atoms with van der Waals surface area (Å²) in [6, 6.07) is 0. The normalized spacial score (nSPS) is 10.2. The first kappa shape index (κ1) is 8.38. The second kappa shape index (κ2) is 4.22. The van der Waals surface area contributed by atoms with E-state index in [0.29, 0.717) is 6.54 Å². The molecule has 0 amide bonds. The van der Waals surface area contributed by atoms with E-state index in [1.165, 1.54) is 2.88 Å². The van der Waals surface area contributed by atoms with Crippen LogP contribution in [-0.2, 0) is 11.4 Å². The fourth-order valence-corrected chi connectivity index (χ4v) is 1.97. The van der Waals surface area contributed by atoms with Crippen molar-refractivity contribution < 1.29 is 4.84 Å². The van der Waals surface area contributed by atoms with Gasteiger partial charge < -0.3 is 4.84 Å². The molecule has 1 heterocycles. The van der Waals surface area contributed by atoms with Gasteiger partial charge >= 0.3 is 0 Å². The number of hydrogen-bond donors (Lipinski definition) is 1. The Balaban J connectivity index is 2.42. The molecule has 1 N–H and O–H groups in total. The van der Waals surface area contributed by atoms with Crippen molar-refractivity contribution in [3.63, 3.8) is 0 Å². The smallest absolute Gasteiger partial charge is 0.110 e. The number of nitrogens with one attached hydrogen (secondary N) is 1. The Morgan fingerprint density at radius 1 is 1.90 bits per heavy atom. The largest absolute Gasteiger partial charge is 0.305 e. The first-order chi connectivity index (χ1) is 4.83. The average Bonchev–Trinajstić information content (AvgIpc) is 2.31. The molecule has 0 spiro atoms. The minimum Gasteiger partial charge on any atom is -0.305 e. The van der Waals surface area contributed by atoms with Crippen molar-refractivity contribution in [1.82, 2.24) is 10.5 Å². The molecule has 3 nitrogen and oxygen atoms in total. The second-order valence-corrected chi connectivity index (χ2v) is 4.59. The Morgan fingerprint density at radius 2 is 2.70 bits per heavy atom. The predicted octanol–water partition coefficient (Wildman–Crippen LogP) is 1.40. The molecule has 0 aromatic carbocycles. The highest BCUT2D eigenvalue weighted by Crippen LogP contribution is 2.14. The first-order valence-electron chi connectivity index (χ1n) is 2.69. The summed E-state index contributed by atoms with van der Waals surface area (Å²) >= 11 is 3.90. The quantitative estimate of drug-likeness (QED) is 0.666. The highest BCUT2D eigenvalue weighted by atomic mass is 127. The fourth-order valence-electron chi connectivity index (χ4n) is 0.504. The van der Waals surface area contributed by atoms with Crippen molar-refractivity contribution in [3.8, 4) is 0 Å². The van der Waals surface area contributed by atoms with E-state index in [1.807, 2.05) is 6.20 Å². The van der Waals surface area contributed by atoms with Crippen molar-refractivity contribution in [2.24, 2.45) is 0 Å². The van der Waals surface area contributed by atoms with Gasteiger partial charge in [-0.1, -0.05) is 0 Å². The van der Waals surface area contributed by atoms with Crippen LogP contribution in [0.2, 0.25) is 0 Å². The number of halogens is 1. The second-order valence-electron chi connectivity index (χ2n) is 1.58. The Hall–Kier alpha value is 0.280. The highest BCUT2D eigenvalue weighted by Gasteiger charge is 1.96. The van der Waals surface area contributed by atoms with Gasteiger partial charge in [0.05, 0.1) is 22.7 Å². The zero-order valence-corrected chi connectivity index (χ0v) is 8.40. The molecule has 1 aromatic rings. The van der Waals surface area contributed by atoms with E-state index >= 15 is 0 Å². The lowest BCUT2D eigenvalue weighted by Gasteiger charge is -1.94. The first-order valence-corrected chi connectivity index (χ1v) is 4.58. The van der Waals surface area contributed by atoms with Crippen LogP contribution in [0, 0.1) is 2.88 Å².